The van der Waals surface area contributed by atoms with Crippen molar-refractivity contribution in [1.82, 2.24) is 0 Å². The lowest BCUT2D eigenvalue weighted by molar-refractivity contribution is -0.282. The number of carbonyl (C=O) groups excluding carboxylic acids is 3. The second-order valence-corrected chi connectivity index (χ2v) is 11.9. The van der Waals surface area contributed by atoms with Crippen molar-refractivity contribution < 1.29 is 79.3 Å². The van der Waals surface area contributed by atoms with E-state index >= 15 is 0 Å². The first-order valence-corrected chi connectivity index (χ1v) is 16.2. The maximum atomic E-state index is 12.9. The Morgan fingerprint density at radius 2 is 1.18 bits per heavy atom. The maximum absolute atomic E-state index is 12.9. The third kappa shape index (κ3) is 9.91. The van der Waals surface area contributed by atoms with Crippen LogP contribution in [-0.4, -0.2) is 101 Å². The van der Waals surface area contributed by atoms with Crippen LogP contribution in [0.2, 0.25) is 0 Å². The van der Waals surface area contributed by atoms with E-state index in [9.17, 15) is 60.3 Å². The molecule has 9 N–H and O–H groups in total. The van der Waals surface area contributed by atoms with Gasteiger partial charge in [0.25, 0.3) is 0 Å². The standard InChI is InChI=1S/C39H34O16/c40-23-8-1-20(2-9-23)6-15-32(46)52-19-31-36(50)37(51)38(55-33(47)16-7-22-5-13-27(43)29(45)18-22)39(54-31)53-30-14-10-24(34(48)35(30)49)25(41)11-3-21-4-12-26(42)28(44)17-21/h1-18,31,36-40,42-45,48-51H,19H2. The molecule has 1 fully saturated rings. The molecule has 55 heavy (non-hydrogen) atoms. The molecule has 0 amide bonds. The Bertz CT molecular complexity index is 2140. The maximum Gasteiger partial charge on any atom is 0.331 e. The Balaban J connectivity index is 1.35. The SMILES string of the molecule is O=C(C=Cc1ccc(O)cc1)OCC1OC(Oc2ccc(C(=O)C=Cc3ccc(O)c(O)c3)c(O)c2O)C(OC(=O)C=Cc2ccc(O)c(O)c2)C(O)C1O. The molecular weight excluding hydrogens is 724 g/mol. The molecule has 1 heterocycles. The van der Waals surface area contributed by atoms with Crippen LogP contribution in [0.25, 0.3) is 18.2 Å². The van der Waals surface area contributed by atoms with Crippen molar-refractivity contribution in [3.05, 3.63) is 113 Å². The van der Waals surface area contributed by atoms with Gasteiger partial charge in [-0.2, -0.15) is 0 Å². The van der Waals surface area contributed by atoms with Crippen molar-refractivity contribution in [2.75, 3.05) is 6.61 Å². The molecule has 0 radical (unpaired) electrons. The summed E-state index contributed by atoms with van der Waals surface area (Å²) in [6, 6.07) is 15.5. The van der Waals surface area contributed by atoms with Gasteiger partial charge in [0, 0.05) is 12.2 Å². The summed E-state index contributed by atoms with van der Waals surface area (Å²) in [7, 11) is 0. The zero-order valence-electron chi connectivity index (χ0n) is 28.4. The number of hydrogen-bond donors (Lipinski definition) is 9. The fraction of sp³-hybridized carbons (Fsp3) is 0.154. The van der Waals surface area contributed by atoms with Crippen molar-refractivity contribution in [2.45, 2.75) is 30.7 Å². The van der Waals surface area contributed by atoms with Gasteiger partial charge in [0.05, 0.1) is 5.56 Å². The summed E-state index contributed by atoms with van der Waals surface area (Å²) < 4.78 is 22.0. The molecule has 286 valence electrons. The average Bonchev–Trinajstić information content (AvgIpc) is 3.16. The Kier molecular flexibility index (Phi) is 12.3. The minimum atomic E-state index is -1.95. The molecule has 1 aliphatic heterocycles. The van der Waals surface area contributed by atoms with Crippen LogP contribution in [-0.2, 0) is 23.8 Å². The molecule has 4 aromatic rings. The van der Waals surface area contributed by atoms with Gasteiger partial charge in [0.2, 0.25) is 12.0 Å². The minimum absolute atomic E-state index is 0.0192. The van der Waals surface area contributed by atoms with E-state index in [0.29, 0.717) is 11.1 Å². The van der Waals surface area contributed by atoms with Gasteiger partial charge in [0.1, 0.15) is 30.7 Å². The summed E-state index contributed by atoms with van der Waals surface area (Å²) in [5.74, 6) is -6.85. The number of esters is 2. The molecule has 5 rings (SSSR count). The highest BCUT2D eigenvalue weighted by Gasteiger charge is 2.48. The molecule has 1 saturated heterocycles. The molecule has 16 heteroatoms. The molecular formula is C39H34O16. The Morgan fingerprint density at radius 3 is 1.80 bits per heavy atom. The number of rotatable bonds is 12. The van der Waals surface area contributed by atoms with E-state index in [0.717, 1.165) is 36.4 Å². The molecule has 0 aromatic heterocycles. The molecule has 5 atom stereocenters. The first-order valence-electron chi connectivity index (χ1n) is 16.2. The van der Waals surface area contributed by atoms with Crippen LogP contribution in [0.4, 0.5) is 0 Å². The van der Waals surface area contributed by atoms with E-state index in [1.54, 1.807) is 0 Å². The number of aliphatic hydroxyl groups excluding tert-OH is 2. The minimum Gasteiger partial charge on any atom is -0.508 e. The Morgan fingerprint density at radius 1 is 0.618 bits per heavy atom. The smallest absolute Gasteiger partial charge is 0.331 e. The average molecular weight is 759 g/mol. The lowest BCUT2D eigenvalue weighted by atomic mass is 9.99. The first kappa shape index (κ1) is 39.2. The number of hydrogen-bond acceptors (Lipinski definition) is 16. The first-order chi connectivity index (χ1) is 26.2. The third-order valence-electron chi connectivity index (χ3n) is 8.05. The second kappa shape index (κ2) is 17.2. The largest absolute Gasteiger partial charge is 0.508 e. The molecule has 0 aliphatic carbocycles. The normalized spacial score (nSPS) is 19.8. The second-order valence-electron chi connectivity index (χ2n) is 11.9. The molecule has 5 unspecified atom stereocenters. The highest BCUT2D eigenvalue weighted by atomic mass is 16.7. The van der Waals surface area contributed by atoms with E-state index in [2.05, 4.69) is 0 Å². The number of ketones is 1. The van der Waals surface area contributed by atoms with Crippen LogP contribution < -0.4 is 4.74 Å². The van der Waals surface area contributed by atoms with Crippen LogP contribution in [0, 0.1) is 0 Å². The van der Waals surface area contributed by atoms with Crippen molar-refractivity contribution in [1.29, 1.82) is 0 Å². The molecule has 0 bridgehead atoms. The van der Waals surface area contributed by atoms with E-state index in [1.807, 2.05) is 0 Å². The van der Waals surface area contributed by atoms with Crippen molar-refractivity contribution in [3.8, 4) is 46.0 Å². The Labute approximate surface area is 311 Å². The predicted molar refractivity (Wildman–Crippen MR) is 191 cm³/mol. The predicted octanol–water partition coefficient (Wildman–Crippen LogP) is 3.23. The summed E-state index contributed by atoms with van der Waals surface area (Å²) in [6.07, 6.45) is -2.12. The summed E-state index contributed by atoms with van der Waals surface area (Å²) in [6.45, 7) is -0.655. The van der Waals surface area contributed by atoms with E-state index < -0.39 is 89.5 Å². The van der Waals surface area contributed by atoms with Crippen molar-refractivity contribution >= 4 is 35.9 Å². The zero-order chi connectivity index (χ0) is 39.8. The number of ether oxygens (including phenoxy) is 4. The lowest BCUT2D eigenvalue weighted by Gasteiger charge is -2.41. The molecule has 4 aromatic carbocycles. The van der Waals surface area contributed by atoms with Gasteiger partial charge in [0.15, 0.2) is 46.4 Å². The van der Waals surface area contributed by atoms with Gasteiger partial charge < -0.3 is 64.9 Å². The van der Waals surface area contributed by atoms with E-state index in [1.165, 1.54) is 72.8 Å². The highest BCUT2D eigenvalue weighted by molar-refractivity contribution is 6.09. The number of benzene rings is 4. The van der Waals surface area contributed by atoms with Gasteiger partial charge in [-0.25, -0.2) is 9.59 Å². The van der Waals surface area contributed by atoms with Crippen molar-refractivity contribution in [3.63, 3.8) is 0 Å². The topological polar surface area (TPSA) is 270 Å². The van der Waals surface area contributed by atoms with Crippen LogP contribution in [0.1, 0.15) is 27.0 Å². The molecule has 0 saturated carbocycles. The summed E-state index contributed by atoms with van der Waals surface area (Å²) >= 11 is 0. The number of aliphatic hydroxyl groups is 2. The molecule has 0 spiro atoms. The monoisotopic (exact) mass is 758 g/mol. The summed E-state index contributed by atoms with van der Waals surface area (Å²) in [5, 5.41) is 91.4. The van der Waals surface area contributed by atoms with Gasteiger partial charge in [-0.1, -0.05) is 30.3 Å². The fourth-order valence-electron chi connectivity index (χ4n) is 5.09. The van der Waals surface area contributed by atoms with Crippen LogP contribution in [0.5, 0.6) is 46.0 Å². The lowest BCUT2D eigenvalue weighted by Crippen LogP contribution is -2.61. The van der Waals surface area contributed by atoms with Gasteiger partial charge in [-0.05, 0) is 83.4 Å². The highest BCUT2D eigenvalue weighted by Crippen LogP contribution is 2.40. The fourth-order valence-corrected chi connectivity index (χ4v) is 5.09. The molecule has 1 aliphatic rings. The third-order valence-corrected chi connectivity index (χ3v) is 8.05. The number of phenols is 7. The van der Waals surface area contributed by atoms with Crippen LogP contribution in [0.3, 0.4) is 0 Å². The summed E-state index contributed by atoms with van der Waals surface area (Å²) in [5.41, 5.74) is 0.765. The Hall–Kier alpha value is -7.01. The van der Waals surface area contributed by atoms with Crippen LogP contribution >= 0.6 is 0 Å². The molecule has 16 nitrogen and oxygen atoms in total. The van der Waals surface area contributed by atoms with Gasteiger partial charge >= 0.3 is 11.9 Å². The van der Waals surface area contributed by atoms with Gasteiger partial charge in [-0.15, -0.1) is 0 Å². The van der Waals surface area contributed by atoms with Crippen LogP contribution in [0.15, 0.2) is 91.0 Å². The van der Waals surface area contributed by atoms with E-state index in [-0.39, 0.29) is 22.6 Å². The van der Waals surface area contributed by atoms with Gasteiger partial charge in [-0.3, -0.25) is 4.79 Å². The number of aromatic hydroxyl groups is 7. The van der Waals surface area contributed by atoms with Crippen molar-refractivity contribution in [2.24, 2.45) is 0 Å². The zero-order valence-corrected chi connectivity index (χ0v) is 28.4. The number of allylic oxidation sites excluding steroid dienone is 1. The number of phenolic OH excluding ortho intramolecular Hbond substituents is 7. The quantitative estimate of drug-likeness (QED) is 0.0434. The summed E-state index contributed by atoms with van der Waals surface area (Å²) in [4.78, 5) is 38.2. The van der Waals surface area contributed by atoms with E-state index in [4.69, 9.17) is 18.9 Å². The number of carbonyl (C=O) groups is 3.